The maximum atomic E-state index is 12.3. The average Bonchev–Trinajstić information content (AvgIpc) is 3.86. The van der Waals surface area contributed by atoms with Gasteiger partial charge in [-0.3, -0.25) is 0 Å². The molecule has 2 aromatic rings. The van der Waals surface area contributed by atoms with Crippen LogP contribution < -0.4 is 5.73 Å². The van der Waals surface area contributed by atoms with Gasteiger partial charge in [0.1, 0.15) is 28.3 Å². The molecule has 2 N–H and O–H groups in total. The normalized spacial score (nSPS) is 30.4. The molecule has 2 saturated carbocycles. The van der Waals surface area contributed by atoms with Gasteiger partial charge in [-0.2, -0.15) is 5.26 Å². The first kappa shape index (κ1) is 31.6. The van der Waals surface area contributed by atoms with Gasteiger partial charge in [-0.05, 0) is 84.3 Å². The van der Waals surface area contributed by atoms with Crippen LogP contribution in [0.4, 0.5) is 9.59 Å². The first-order chi connectivity index (χ1) is 20.8. The van der Waals surface area contributed by atoms with E-state index in [1.807, 2.05) is 47.6 Å². The molecule has 0 radical (unpaired) electrons. The van der Waals surface area contributed by atoms with Crippen LogP contribution in [0.5, 0.6) is 0 Å². The van der Waals surface area contributed by atoms with Crippen LogP contribution in [0.15, 0.2) is 36.9 Å². The average molecular weight is 605 g/mol. The molecule has 6 atom stereocenters. The molecule has 2 aliphatic carbocycles. The standard InChI is InChI=1S/C16H24N4O2.C16H20N4O2/c2*1-15(2,3)22-14(21)20-8-5-11-12(9-20)16(11,10-17)13-18-6-4-7-19-13/h4,6-7,11-12H,5,8-10,17H2,1-3H3;4,6-7,11-12H,5,8-9H2,1-3H3. The lowest BCUT2D eigenvalue weighted by Crippen LogP contribution is -2.41. The lowest BCUT2D eigenvalue weighted by Gasteiger charge is -2.29. The zero-order valence-corrected chi connectivity index (χ0v) is 26.6. The highest BCUT2D eigenvalue weighted by Gasteiger charge is 2.70. The summed E-state index contributed by atoms with van der Waals surface area (Å²) < 4.78 is 10.9. The Morgan fingerprint density at radius 2 is 1.27 bits per heavy atom. The van der Waals surface area contributed by atoms with Gasteiger partial charge < -0.3 is 25.0 Å². The number of rotatable bonds is 3. The molecule has 6 rings (SSSR count). The number of aromatic nitrogens is 4. The van der Waals surface area contributed by atoms with E-state index in [1.165, 1.54) is 0 Å². The molecule has 4 fully saturated rings. The Kier molecular flexibility index (Phi) is 8.31. The molecule has 6 unspecified atom stereocenters. The van der Waals surface area contributed by atoms with Crippen molar-refractivity contribution in [2.45, 2.75) is 76.4 Å². The van der Waals surface area contributed by atoms with Crippen molar-refractivity contribution >= 4 is 12.2 Å². The van der Waals surface area contributed by atoms with Crippen molar-refractivity contribution in [2.75, 3.05) is 32.7 Å². The third-order valence-electron chi connectivity index (χ3n) is 9.24. The summed E-state index contributed by atoms with van der Waals surface area (Å²) in [5, 5.41) is 9.69. The molecule has 44 heavy (non-hydrogen) atoms. The van der Waals surface area contributed by atoms with Gasteiger partial charge >= 0.3 is 12.2 Å². The summed E-state index contributed by atoms with van der Waals surface area (Å²) in [6.45, 7) is 14.3. The maximum Gasteiger partial charge on any atom is 0.410 e. The van der Waals surface area contributed by atoms with E-state index in [-0.39, 0.29) is 29.4 Å². The molecule has 2 amide bonds. The van der Waals surface area contributed by atoms with Crippen molar-refractivity contribution in [1.82, 2.24) is 29.7 Å². The van der Waals surface area contributed by atoms with Gasteiger partial charge in [-0.1, -0.05) is 0 Å². The molecule has 4 aliphatic rings. The molecule has 0 bridgehead atoms. The van der Waals surface area contributed by atoms with Gasteiger partial charge in [-0.25, -0.2) is 29.5 Å². The highest BCUT2D eigenvalue weighted by molar-refractivity contribution is 5.69. The number of hydrogen-bond donors (Lipinski definition) is 1. The second-order valence-electron chi connectivity index (χ2n) is 14.2. The van der Waals surface area contributed by atoms with E-state index in [4.69, 9.17) is 15.2 Å². The van der Waals surface area contributed by atoms with Gasteiger partial charge in [0.25, 0.3) is 0 Å². The molecular weight excluding hydrogens is 560 g/mol. The Bertz CT molecular complexity index is 1390. The summed E-state index contributed by atoms with van der Waals surface area (Å²) in [6.07, 6.45) is 8.02. The minimum Gasteiger partial charge on any atom is -0.444 e. The fraction of sp³-hybridized carbons (Fsp3) is 0.656. The number of carbonyl (C=O) groups excluding carboxylic acids is 2. The largest absolute Gasteiger partial charge is 0.444 e. The molecular formula is C32H44N8O4. The zero-order chi connectivity index (χ0) is 31.9. The Balaban J connectivity index is 0.000000175. The van der Waals surface area contributed by atoms with Crippen LogP contribution in [0, 0.1) is 35.0 Å². The monoisotopic (exact) mass is 604 g/mol. The number of likely N-dealkylation sites (tertiary alicyclic amines) is 2. The van der Waals surface area contributed by atoms with Crippen LogP contribution in [0.25, 0.3) is 0 Å². The van der Waals surface area contributed by atoms with Crippen LogP contribution in [0.1, 0.15) is 66.0 Å². The lowest BCUT2D eigenvalue weighted by atomic mass is 10.0. The summed E-state index contributed by atoms with van der Waals surface area (Å²) in [5.74, 6) is 2.54. The van der Waals surface area contributed by atoms with E-state index in [1.54, 1.807) is 40.7 Å². The number of piperidine rings is 2. The van der Waals surface area contributed by atoms with E-state index >= 15 is 0 Å². The SMILES string of the molecule is CC(C)(C)OC(=O)N1CCC2C(C1)C2(C#N)c1ncccn1.CC(C)(C)OC(=O)N1CCC2C(C1)C2(CN)c1ncccn1. The van der Waals surface area contributed by atoms with E-state index in [9.17, 15) is 14.9 Å². The number of nitrogens with zero attached hydrogens (tertiary/aromatic N) is 7. The number of hydrogen-bond acceptors (Lipinski definition) is 10. The Hall–Kier alpha value is -3.85. The van der Waals surface area contributed by atoms with Gasteiger partial charge in [0, 0.05) is 63.4 Å². The van der Waals surface area contributed by atoms with Crippen molar-refractivity contribution in [1.29, 1.82) is 5.26 Å². The van der Waals surface area contributed by atoms with E-state index in [2.05, 4.69) is 26.0 Å². The molecule has 12 heteroatoms. The molecule has 0 aromatic carbocycles. The number of nitriles is 1. The molecule has 12 nitrogen and oxygen atoms in total. The number of ether oxygens (including phenoxy) is 2. The summed E-state index contributed by atoms with van der Waals surface area (Å²) in [5.41, 5.74) is 4.28. The van der Waals surface area contributed by atoms with Crippen LogP contribution >= 0.6 is 0 Å². The minimum absolute atomic E-state index is 0.0983. The molecule has 236 valence electrons. The summed E-state index contributed by atoms with van der Waals surface area (Å²) in [7, 11) is 0. The van der Waals surface area contributed by atoms with Crippen molar-refractivity contribution in [3.63, 3.8) is 0 Å². The van der Waals surface area contributed by atoms with E-state index in [0.717, 1.165) is 18.7 Å². The lowest BCUT2D eigenvalue weighted by molar-refractivity contribution is 0.0196. The molecule has 2 aromatic heterocycles. The van der Waals surface area contributed by atoms with E-state index < -0.39 is 16.6 Å². The van der Waals surface area contributed by atoms with Crippen LogP contribution in [-0.2, 0) is 20.3 Å². The number of amides is 2. The fourth-order valence-corrected chi connectivity index (χ4v) is 7.15. The zero-order valence-electron chi connectivity index (χ0n) is 26.6. The van der Waals surface area contributed by atoms with E-state index in [0.29, 0.717) is 50.4 Å². The maximum absolute atomic E-state index is 12.3. The van der Waals surface area contributed by atoms with Gasteiger partial charge in [-0.15, -0.1) is 0 Å². The van der Waals surface area contributed by atoms with Crippen LogP contribution in [0.3, 0.4) is 0 Å². The molecule has 4 heterocycles. The summed E-state index contributed by atoms with van der Waals surface area (Å²) in [4.78, 5) is 45.3. The van der Waals surface area contributed by atoms with Crippen molar-refractivity contribution in [2.24, 2.45) is 29.4 Å². The smallest absolute Gasteiger partial charge is 0.410 e. The number of nitrogens with two attached hydrogens (primary N) is 1. The topological polar surface area (TPSA) is 160 Å². The van der Waals surface area contributed by atoms with Gasteiger partial charge in [0.15, 0.2) is 0 Å². The Morgan fingerprint density at radius 1 is 0.818 bits per heavy atom. The Morgan fingerprint density at radius 3 is 1.73 bits per heavy atom. The highest BCUT2D eigenvalue weighted by atomic mass is 16.6. The van der Waals surface area contributed by atoms with Gasteiger partial charge in [0.2, 0.25) is 0 Å². The summed E-state index contributed by atoms with van der Waals surface area (Å²) >= 11 is 0. The number of fused-ring (bicyclic) bond motifs is 2. The molecule has 0 spiro atoms. The highest BCUT2D eigenvalue weighted by Crippen LogP contribution is 2.63. The third kappa shape index (κ3) is 5.94. The predicted molar refractivity (Wildman–Crippen MR) is 161 cm³/mol. The first-order valence-corrected chi connectivity index (χ1v) is 15.4. The third-order valence-corrected chi connectivity index (χ3v) is 9.24. The minimum atomic E-state index is -0.641. The van der Waals surface area contributed by atoms with Crippen molar-refractivity contribution in [3.05, 3.63) is 48.6 Å². The number of carbonyl (C=O) groups is 2. The summed E-state index contributed by atoms with van der Waals surface area (Å²) in [6, 6.07) is 5.97. The quantitative estimate of drug-likeness (QED) is 0.547. The van der Waals surface area contributed by atoms with Crippen molar-refractivity contribution in [3.8, 4) is 6.07 Å². The van der Waals surface area contributed by atoms with Gasteiger partial charge in [0.05, 0.1) is 11.5 Å². The second kappa shape index (κ2) is 11.6. The van der Waals surface area contributed by atoms with Crippen LogP contribution in [0.2, 0.25) is 0 Å². The molecule has 2 saturated heterocycles. The first-order valence-electron chi connectivity index (χ1n) is 15.4. The fourth-order valence-electron chi connectivity index (χ4n) is 7.15. The Labute approximate surface area is 259 Å². The van der Waals surface area contributed by atoms with Crippen LogP contribution in [-0.4, -0.2) is 85.8 Å². The second-order valence-corrected chi connectivity index (χ2v) is 14.2. The predicted octanol–water partition coefficient (Wildman–Crippen LogP) is 3.68. The molecule has 2 aliphatic heterocycles. The van der Waals surface area contributed by atoms with Crippen molar-refractivity contribution < 1.29 is 19.1 Å².